The van der Waals surface area contributed by atoms with Crippen molar-refractivity contribution in [3.63, 3.8) is 0 Å². The minimum absolute atomic E-state index is 0. The summed E-state index contributed by atoms with van der Waals surface area (Å²) in [6.07, 6.45) is 30.8. The number of hydrogen-bond donors (Lipinski definition) is 0. The van der Waals surface area contributed by atoms with Gasteiger partial charge in [-0.1, -0.05) is 183 Å². The van der Waals surface area contributed by atoms with Crippen LogP contribution < -0.4 is 125 Å². The standard InChI is InChI=1S/C21H21BrP.C21H20P.C16H26.C13H22O.2C4H8O.2BrH.I2.2Na.2H/c22-17-10-18-23(19-11-4-1-5-12-19,20-13-6-2-7-14-20)21-15-8-3-9-16-21;1-4-10-18(11-5-1)22(21-16-17-21,19-12-6-2-7-13-19)20-14-8-3-9-15-20;1-13(2)7-5-8-14(3)9-6-10-15(4)16-11-12-16;1-11(2)7-5-8-12(3)9-6-10-13(4)14;2*1-2-4-5-3-1;;;1-2;;;;/h1-9,11-16H,10,17-18H2;1-15,21H,16-17H2;7,9H,5-6,8,10-12H2,1-4H3;7,9H,5-6,8,10H2,1-4H3;2*1-4H2;2*1H;;;;;/q2*+1;;;;;;;;2*+1;2*-1/p-2/b;;14-9+;12-9+;;;;;;;;;. The molecule has 2 saturated carbocycles. The summed E-state index contributed by atoms with van der Waals surface area (Å²) in [5.41, 5.74) is 9.92. The number of rotatable bonds is 22. The summed E-state index contributed by atoms with van der Waals surface area (Å²) in [5, 5.41) is 10.0. The molecule has 12 heteroatoms. The van der Waals surface area contributed by atoms with E-state index in [0.29, 0.717) is 6.42 Å². The van der Waals surface area contributed by atoms with Crippen LogP contribution in [-0.4, -0.2) is 49.4 Å². The van der Waals surface area contributed by atoms with Crippen molar-refractivity contribution in [3.8, 4) is 0 Å². The maximum atomic E-state index is 10.7. The first kappa shape index (κ1) is 90.4. The second-order valence-electron chi connectivity index (χ2n) is 23.6. The van der Waals surface area contributed by atoms with E-state index in [1.165, 1.54) is 138 Å². The molecule has 4 fully saturated rings. The summed E-state index contributed by atoms with van der Waals surface area (Å²) >= 11 is 7.88. The molecule has 6 aromatic carbocycles. The molecule has 0 amide bonds. The smallest absolute Gasteiger partial charge is 1.00 e. The molecule has 0 N–H and O–H groups in total. The van der Waals surface area contributed by atoms with Crippen LogP contribution in [0.25, 0.3) is 0 Å². The van der Waals surface area contributed by atoms with E-state index in [-0.39, 0.29) is 102 Å². The maximum absolute atomic E-state index is 10.7. The van der Waals surface area contributed by atoms with Crippen LogP contribution in [0.15, 0.2) is 240 Å². The first-order chi connectivity index (χ1) is 42.4. The Bertz CT molecular complexity index is 2720. The van der Waals surface area contributed by atoms with Crippen molar-refractivity contribution < 1.29 is 110 Å². The molecule has 0 atom stereocenters. The van der Waals surface area contributed by atoms with E-state index in [0.717, 1.165) is 56.7 Å². The average molecular weight is 1710 g/mol. The van der Waals surface area contributed by atoms with Gasteiger partial charge < -0.3 is 51.1 Å². The number of carbonyl (C=O) groups excluding carboxylic acids is 1. The Balaban J connectivity index is -0.00000109. The Morgan fingerprint density at radius 1 is 0.462 bits per heavy atom. The molecule has 4 aliphatic rings. The largest absolute Gasteiger partial charge is 1.00 e. The summed E-state index contributed by atoms with van der Waals surface area (Å²) in [4.78, 5) is 10.7. The van der Waals surface area contributed by atoms with Gasteiger partial charge in [0.2, 0.25) is 0 Å². The van der Waals surface area contributed by atoms with Crippen LogP contribution in [0.5, 0.6) is 0 Å². The summed E-state index contributed by atoms with van der Waals surface area (Å²) in [7, 11) is -3.11. The average Bonchev–Trinajstić information content (AvgIpc) is 1.69. The molecule has 2 aliphatic carbocycles. The number of ether oxygens (including phenoxy) is 2. The third-order valence-electron chi connectivity index (χ3n) is 15.7. The second kappa shape index (κ2) is 55.3. The van der Waals surface area contributed by atoms with Gasteiger partial charge in [-0.2, -0.15) is 0 Å². The van der Waals surface area contributed by atoms with Gasteiger partial charge in [-0.25, -0.2) is 0 Å². The van der Waals surface area contributed by atoms with E-state index in [9.17, 15) is 4.79 Å². The van der Waals surface area contributed by atoms with Crippen LogP contribution in [0.1, 0.15) is 167 Å². The van der Waals surface area contributed by atoms with Gasteiger partial charge in [0.25, 0.3) is 0 Å². The van der Waals surface area contributed by atoms with Crippen LogP contribution in [-0.2, 0) is 14.3 Å². The summed E-state index contributed by atoms with van der Waals surface area (Å²) in [6.45, 7) is 20.9. The topological polar surface area (TPSA) is 35.5 Å². The fraction of sp³-hybridized carbons (Fsp3) is 0.405. The van der Waals surface area contributed by atoms with Crippen LogP contribution in [0.3, 0.4) is 0 Å². The molecule has 0 radical (unpaired) electrons. The number of benzene rings is 6. The van der Waals surface area contributed by atoms with Gasteiger partial charge in [-0.3, -0.25) is 0 Å². The van der Waals surface area contributed by atoms with E-state index in [1.807, 2.05) is 0 Å². The molecule has 0 aromatic heterocycles. The molecule has 0 spiro atoms. The van der Waals surface area contributed by atoms with Crippen molar-refractivity contribution in [1.29, 1.82) is 0 Å². The first-order valence-corrected chi connectivity index (χ1v) is 43.4. The molecule has 2 aliphatic heterocycles. The Hall–Kier alpha value is -0.630. The SMILES string of the molecule is BrCCC[P+](c1ccccc1)(c1ccccc1)c1ccccc1.C1CCOC1.C1CCOC1.CC(=O)CC/C=C(\C)CCC=C(C)C.CC(C)=CCC/C(C)=C/CCC(C)=C1CC1.II.[Br-].[Br-].[H-].[H-].[Na+].[Na+].c1ccc([P+](c2ccccc2)(c2ccccc2)C2CC2)cc1. The number of hydrogen-bond acceptors (Lipinski definition) is 3. The Kier molecular flexibility index (Phi) is 54.9. The molecule has 0 unspecified atom stereocenters. The molecular formula is C79H107Br3I2Na2O3P2. The van der Waals surface area contributed by atoms with Gasteiger partial charge in [-0.05, 0) is 231 Å². The van der Waals surface area contributed by atoms with Crippen molar-refractivity contribution in [3.05, 3.63) is 240 Å². The monoisotopic (exact) mass is 1700 g/mol. The summed E-state index contributed by atoms with van der Waals surface area (Å²) < 4.78 is 9.89. The number of alkyl halides is 1. The van der Waals surface area contributed by atoms with Crippen LogP contribution in [0, 0.1) is 0 Å². The first-order valence-electron chi connectivity index (χ1n) is 32.1. The van der Waals surface area contributed by atoms with E-state index in [1.54, 1.807) is 23.6 Å². The van der Waals surface area contributed by atoms with Gasteiger partial charge in [0.1, 0.15) is 52.1 Å². The van der Waals surface area contributed by atoms with Crippen molar-refractivity contribution in [2.75, 3.05) is 37.9 Å². The van der Waals surface area contributed by atoms with Gasteiger partial charge in [0.05, 0.1) is 11.8 Å². The van der Waals surface area contributed by atoms with Gasteiger partial charge in [-0.15, -0.1) is 0 Å². The quantitative estimate of drug-likeness (QED) is 0.0224. The predicted octanol–water partition coefficient (Wildman–Crippen LogP) is 10.1. The van der Waals surface area contributed by atoms with Crippen molar-refractivity contribution in [2.24, 2.45) is 0 Å². The Morgan fingerprint density at radius 3 is 1.01 bits per heavy atom. The molecule has 91 heavy (non-hydrogen) atoms. The van der Waals surface area contributed by atoms with Gasteiger partial charge in [0, 0.05) is 75.4 Å². The van der Waals surface area contributed by atoms with E-state index in [4.69, 9.17) is 9.47 Å². The molecule has 10 rings (SSSR count). The van der Waals surface area contributed by atoms with Crippen LogP contribution in [0.4, 0.5) is 0 Å². The minimum atomic E-state index is -1.60. The summed E-state index contributed by atoms with van der Waals surface area (Å²) in [6, 6.07) is 66.8. The van der Waals surface area contributed by atoms with E-state index >= 15 is 0 Å². The van der Waals surface area contributed by atoms with E-state index in [2.05, 4.69) is 308 Å². The maximum Gasteiger partial charge on any atom is 1.00 e. The molecule has 0 bridgehead atoms. The third-order valence-corrected chi connectivity index (χ3v) is 25.8. The van der Waals surface area contributed by atoms with E-state index < -0.39 is 14.5 Å². The fourth-order valence-corrected chi connectivity index (χ4v) is 20.9. The predicted molar refractivity (Wildman–Crippen MR) is 413 cm³/mol. The fourth-order valence-electron chi connectivity index (χ4n) is 10.8. The van der Waals surface area contributed by atoms with Crippen molar-refractivity contribution in [1.82, 2.24) is 0 Å². The molecule has 3 nitrogen and oxygen atoms in total. The molecule has 6 aromatic rings. The summed E-state index contributed by atoms with van der Waals surface area (Å²) in [5.74, 6) is 0.276. The zero-order chi connectivity index (χ0) is 62.8. The molecule has 488 valence electrons. The number of allylic oxidation sites excluding steroid dienone is 10. The zero-order valence-corrected chi connectivity index (χ0v) is 71.8. The third kappa shape index (κ3) is 35.6. The van der Waals surface area contributed by atoms with Gasteiger partial charge in [0.15, 0.2) is 0 Å². The minimum Gasteiger partial charge on any atom is -1.00 e. The number of halogens is 5. The Labute approximate surface area is 655 Å². The number of ketones is 1. The number of Topliss-reactive ketones (excluding diaryl/α,β-unsaturated/α-hetero) is 1. The number of carbonyl (C=O) groups is 1. The van der Waals surface area contributed by atoms with Crippen LogP contribution in [0.2, 0.25) is 0 Å². The van der Waals surface area contributed by atoms with Crippen molar-refractivity contribution in [2.45, 2.75) is 170 Å². The zero-order valence-electron chi connectivity index (χ0n) is 59.0. The van der Waals surface area contributed by atoms with Crippen molar-refractivity contribution >= 4 is 105 Å². The Morgan fingerprint density at radius 2 is 0.758 bits per heavy atom. The van der Waals surface area contributed by atoms with Crippen LogP contribution >= 0.6 is 67.7 Å². The van der Waals surface area contributed by atoms with Gasteiger partial charge >= 0.3 is 59.1 Å². The normalized spacial score (nSPS) is 13.5. The second-order valence-corrected chi connectivity index (χ2v) is 31.7. The molecule has 2 heterocycles. The molecular weight excluding hydrogens is 1600 g/mol. The molecule has 2 saturated heterocycles.